The summed E-state index contributed by atoms with van der Waals surface area (Å²) in [4.78, 5) is 38.0. The van der Waals surface area contributed by atoms with Crippen molar-refractivity contribution < 1.29 is 33.6 Å². The summed E-state index contributed by atoms with van der Waals surface area (Å²) in [7, 11) is 0. The second-order valence-electron chi connectivity index (χ2n) is 8.32. The van der Waals surface area contributed by atoms with Crippen molar-refractivity contribution in [3.05, 3.63) is 64.1 Å². The molecule has 0 radical (unpaired) electrons. The highest BCUT2D eigenvalue weighted by atomic mass is 16.6. The quantitative estimate of drug-likeness (QED) is 0.360. The van der Waals surface area contributed by atoms with Crippen LogP contribution in [0.2, 0.25) is 0 Å². The topological polar surface area (TPSA) is 137 Å². The number of ether oxygens (including phenoxy) is 4. The van der Waals surface area contributed by atoms with E-state index < -0.39 is 23.0 Å². The normalized spacial score (nSPS) is 11.1. The lowest BCUT2D eigenvalue weighted by Gasteiger charge is -2.22. The molecule has 0 fully saturated rings. The van der Waals surface area contributed by atoms with E-state index in [9.17, 15) is 14.4 Å². The van der Waals surface area contributed by atoms with Gasteiger partial charge >= 0.3 is 6.09 Å². The zero-order valence-corrected chi connectivity index (χ0v) is 20.2. The Morgan fingerprint density at radius 3 is 2.34 bits per heavy atom. The molecule has 0 bridgehead atoms. The maximum atomic E-state index is 13.0. The first-order chi connectivity index (χ1) is 16.7. The zero-order chi connectivity index (χ0) is 25.7. The van der Waals surface area contributed by atoms with Gasteiger partial charge in [-0.05, 0) is 26.3 Å². The van der Waals surface area contributed by atoms with Gasteiger partial charge in [-0.15, -0.1) is 0 Å². The highest BCUT2D eigenvalue weighted by molar-refractivity contribution is 5.96. The van der Waals surface area contributed by atoms with Crippen LogP contribution in [0.4, 0.5) is 4.79 Å². The summed E-state index contributed by atoms with van der Waals surface area (Å²) < 4.78 is 22.5. The van der Waals surface area contributed by atoms with E-state index in [1.807, 2.05) is 30.3 Å². The van der Waals surface area contributed by atoms with Crippen LogP contribution in [0.25, 0.3) is 0 Å². The van der Waals surface area contributed by atoms with Crippen LogP contribution in [0, 0.1) is 0 Å². The number of carbonyl (C=O) groups is 2. The molecule has 3 N–H and O–H groups in total. The lowest BCUT2D eigenvalue weighted by molar-refractivity contribution is 0.0338. The van der Waals surface area contributed by atoms with Gasteiger partial charge in [0, 0.05) is 18.8 Å². The third kappa shape index (κ3) is 10.2. The molecule has 2 aromatic rings. The molecule has 0 aliphatic carbocycles. The van der Waals surface area contributed by atoms with Crippen LogP contribution in [-0.4, -0.2) is 67.0 Å². The van der Waals surface area contributed by atoms with Crippen molar-refractivity contribution >= 4 is 12.0 Å². The number of aliphatic hydroxyl groups is 1. The van der Waals surface area contributed by atoms with Crippen molar-refractivity contribution in [1.82, 2.24) is 9.99 Å². The van der Waals surface area contributed by atoms with Gasteiger partial charge in [0.25, 0.3) is 5.91 Å². The molecule has 11 nitrogen and oxygen atoms in total. The summed E-state index contributed by atoms with van der Waals surface area (Å²) in [5, 5.41) is 11.3. The van der Waals surface area contributed by atoms with Gasteiger partial charge in [0.15, 0.2) is 11.4 Å². The number of hydrogen-bond donors (Lipinski definition) is 3. The Balaban J connectivity index is 2.16. The summed E-state index contributed by atoms with van der Waals surface area (Å²) in [6.45, 7) is 6.23. The molecule has 35 heavy (non-hydrogen) atoms. The van der Waals surface area contributed by atoms with Crippen LogP contribution in [0.3, 0.4) is 0 Å². The van der Waals surface area contributed by atoms with Gasteiger partial charge < -0.3 is 29.4 Å². The van der Waals surface area contributed by atoms with Crippen LogP contribution >= 0.6 is 0 Å². The molecule has 0 atom stereocenters. The highest BCUT2D eigenvalue weighted by Gasteiger charge is 2.23. The lowest BCUT2D eigenvalue weighted by atomic mass is 10.2. The average molecular weight is 492 g/mol. The molecule has 1 aromatic carbocycles. The predicted octanol–water partition coefficient (Wildman–Crippen LogP) is 1.66. The van der Waals surface area contributed by atoms with E-state index in [1.165, 1.54) is 12.3 Å². The SMILES string of the molecule is CC(C)(C)OC(=O)Nn1ccc(=O)c(OCc2ccccc2)c1C(=O)NCCOCCOCCO. The number of nitrogens with one attached hydrogen (secondary N) is 2. The Morgan fingerprint density at radius 2 is 1.69 bits per heavy atom. The first-order valence-corrected chi connectivity index (χ1v) is 11.2. The summed E-state index contributed by atoms with van der Waals surface area (Å²) >= 11 is 0. The fourth-order valence-electron chi connectivity index (χ4n) is 2.80. The van der Waals surface area contributed by atoms with Crippen LogP contribution in [0.1, 0.15) is 36.8 Å². The smallest absolute Gasteiger partial charge is 0.426 e. The zero-order valence-electron chi connectivity index (χ0n) is 20.2. The largest absolute Gasteiger partial charge is 0.482 e. The molecule has 1 heterocycles. The molecule has 0 saturated heterocycles. The van der Waals surface area contributed by atoms with Gasteiger partial charge in [0.2, 0.25) is 5.43 Å². The van der Waals surface area contributed by atoms with Crippen molar-refractivity contribution in [2.24, 2.45) is 0 Å². The molecule has 0 spiro atoms. The minimum Gasteiger partial charge on any atom is -0.482 e. The molecule has 0 unspecified atom stereocenters. The second-order valence-corrected chi connectivity index (χ2v) is 8.32. The number of benzene rings is 1. The fraction of sp³-hybridized carbons (Fsp3) is 0.458. The van der Waals surface area contributed by atoms with Gasteiger partial charge in [0.1, 0.15) is 12.2 Å². The number of rotatable bonds is 13. The fourth-order valence-corrected chi connectivity index (χ4v) is 2.80. The number of pyridine rings is 1. The maximum absolute atomic E-state index is 13.0. The molecule has 1 aromatic heterocycles. The summed E-state index contributed by atoms with van der Waals surface area (Å²) in [5.74, 6) is -0.870. The summed E-state index contributed by atoms with van der Waals surface area (Å²) in [6.07, 6.45) is 0.446. The molecular weight excluding hydrogens is 458 g/mol. The molecule has 2 amide bonds. The predicted molar refractivity (Wildman–Crippen MR) is 128 cm³/mol. The van der Waals surface area contributed by atoms with Crippen molar-refractivity contribution in [2.75, 3.05) is 45.0 Å². The molecule has 0 aliphatic rings. The Hall–Kier alpha value is -3.41. The number of aliphatic hydroxyl groups excluding tert-OH is 1. The van der Waals surface area contributed by atoms with Gasteiger partial charge in [-0.2, -0.15) is 0 Å². The van der Waals surface area contributed by atoms with Crippen LogP contribution in [0.15, 0.2) is 47.4 Å². The molecular formula is C24H33N3O8. The van der Waals surface area contributed by atoms with E-state index in [0.29, 0.717) is 6.61 Å². The lowest BCUT2D eigenvalue weighted by Crippen LogP contribution is -2.37. The number of hydrogen-bond acceptors (Lipinski definition) is 8. The van der Waals surface area contributed by atoms with Crippen molar-refractivity contribution in [1.29, 1.82) is 0 Å². The molecule has 11 heteroatoms. The third-order valence-electron chi connectivity index (χ3n) is 4.25. The van der Waals surface area contributed by atoms with Gasteiger partial charge in [-0.1, -0.05) is 30.3 Å². The van der Waals surface area contributed by atoms with E-state index >= 15 is 0 Å². The van der Waals surface area contributed by atoms with Crippen molar-refractivity contribution in [3.8, 4) is 5.75 Å². The molecule has 192 valence electrons. The van der Waals surface area contributed by atoms with Crippen LogP contribution in [-0.2, 0) is 20.8 Å². The summed E-state index contributed by atoms with van der Waals surface area (Å²) in [6, 6.07) is 10.3. The van der Waals surface area contributed by atoms with E-state index in [2.05, 4.69) is 10.7 Å². The number of nitrogens with zero attached hydrogens (tertiary/aromatic N) is 1. The van der Waals surface area contributed by atoms with Gasteiger partial charge in [0.05, 0.1) is 33.0 Å². The Labute approximate surface area is 203 Å². The minimum atomic E-state index is -0.810. The molecule has 0 aliphatic heterocycles. The Morgan fingerprint density at radius 1 is 1.00 bits per heavy atom. The highest BCUT2D eigenvalue weighted by Crippen LogP contribution is 2.16. The first kappa shape index (κ1) is 27.8. The summed E-state index contributed by atoms with van der Waals surface area (Å²) in [5.41, 5.74) is 1.77. The minimum absolute atomic E-state index is 0.0454. The number of carbonyl (C=O) groups excluding carboxylic acids is 2. The number of aromatic nitrogens is 1. The second kappa shape index (κ2) is 14.1. The molecule has 2 rings (SSSR count). The Kier molecular flexibility index (Phi) is 11.2. The van der Waals surface area contributed by atoms with E-state index in [0.717, 1.165) is 10.2 Å². The third-order valence-corrected chi connectivity index (χ3v) is 4.25. The van der Waals surface area contributed by atoms with Crippen molar-refractivity contribution in [2.45, 2.75) is 33.0 Å². The first-order valence-electron chi connectivity index (χ1n) is 11.2. The van der Waals surface area contributed by atoms with E-state index in [4.69, 9.17) is 24.1 Å². The molecule has 0 saturated carbocycles. The van der Waals surface area contributed by atoms with Crippen molar-refractivity contribution in [3.63, 3.8) is 0 Å². The number of amides is 2. The van der Waals surface area contributed by atoms with Gasteiger partial charge in [-0.25, -0.2) is 14.9 Å². The average Bonchev–Trinajstić information content (AvgIpc) is 2.80. The monoisotopic (exact) mass is 491 g/mol. The van der Waals surface area contributed by atoms with Crippen LogP contribution in [0.5, 0.6) is 5.75 Å². The van der Waals surface area contributed by atoms with Crippen LogP contribution < -0.4 is 20.9 Å². The van der Waals surface area contributed by atoms with E-state index in [-0.39, 0.29) is 51.0 Å². The standard InChI is InChI=1S/C24H33N3O8/c1-24(2,3)35-23(31)26-27-11-9-19(29)21(34-17-18-7-5-4-6-8-18)20(27)22(30)25-10-13-32-15-16-33-14-12-28/h4-9,11,28H,10,12-17H2,1-3H3,(H,25,30)(H,26,31). The maximum Gasteiger partial charge on any atom is 0.426 e. The Bertz CT molecular complexity index is 1000. The van der Waals surface area contributed by atoms with Gasteiger partial charge in [-0.3, -0.25) is 9.59 Å². The van der Waals surface area contributed by atoms with E-state index in [1.54, 1.807) is 20.8 Å².